The molecule has 1 aliphatic rings. The summed E-state index contributed by atoms with van der Waals surface area (Å²) in [5.41, 5.74) is 0. The number of aldehydes is 1. The van der Waals surface area contributed by atoms with E-state index in [4.69, 9.17) is 0 Å². The van der Waals surface area contributed by atoms with E-state index in [0.29, 0.717) is 5.25 Å². The Hall–Kier alpha value is -0.0200. The molecule has 1 atom stereocenters. The molecule has 0 radical (unpaired) electrons. The fraction of sp³-hybridized carbons (Fsp3) is 0.857. The molecule has 0 amide bonds. The smallest absolute Gasteiger partial charge is 0.121 e. The van der Waals surface area contributed by atoms with Gasteiger partial charge in [0.15, 0.2) is 0 Å². The van der Waals surface area contributed by atoms with Gasteiger partial charge in [-0.2, -0.15) is 11.8 Å². The van der Waals surface area contributed by atoms with E-state index in [1.165, 1.54) is 12.3 Å². The third-order valence-electron chi connectivity index (χ3n) is 1.70. The van der Waals surface area contributed by atoms with E-state index in [0.717, 1.165) is 19.3 Å². The maximum Gasteiger partial charge on any atom is 0.121 e. The highest BCUT2D eigenvalue weighted by atomic mass is 32.2. The molecule has 0 bridgehead atoms. The van der Waals surface area contributed by atoms with Crippen molar-refractivity contribution in [3.63, 3.8) is 0 Å². The monoisotopic (exact) mass is 159 g/mol. The summed E-state index contributed by atoms with van der Waals surface area (Å²) in [5.74, 6) is 1.18. The SMILES string of the molecule is CN1CCS[C@H](CC=O)C1. The van der Waals surface area contributed by atoms with Crippen LogP contribution in [0.15, 0.2) is 0 Å². The highest BCUT2D eigenvalue weighted by Gasteiger charge is 2.16. The summed E-state index contributed by atoms with van der Waals surface area (Å²) >= 11 is 1.92. The molecule has 0 aromatic heterocycles. The molecule has 0 saturated carbocycles. The fourth-order valence-electron chi connectivity index (χ4n) is 1.12. The topological polar surface area (TPSA) is 20.3 Å². The molecule has 1 rings (SSSR count). The first kappa shape index (κ1) is 8.08. The Balaban J connectivity index is 2.24. The quantitative estimate of drug-likeness (QED) is 0.551. The lowest BCUT2D eigenvalue weighted by Gasteiger charge is -2.27. The highest BCUT2D eigenvalue weighted by molar-refractivity contribution is 8.00. The second kappa shape index (κ2) is 3.98. The summed E-state index contributed by atoms with van der Waals surface area (Å²) in [6.07, 6.45) is 1.74. The van der Waals surface area contributed by atoms with E-state index in [-0.39, 0.29) is 0 Å². The van der Waals surface area contributed by atoms with Crippen LogP contribution in [0.1, 0.15) is 6.42 Å². The second-order valence-electron chi connectivity index (χ2n) is 2.66. The summed E-state index contributed by atoms with van der Waals surface area (Å²) < 4.78 is 0. The van der Waals surface area contributed by atoms with Gasteiger partial charge in [-0.1, -0.05) is 0 Å². The average molecular weight is 159 g/mol. The molecule has 3 heteroatoms. The molecule has 58 valence electrons. The number of nitrogens with zero attached hydrogens (tertiary/aromatic N) is 1. The van der Waals surface area contributed by atoms with E-state index in [1.807, 2.05) is 11.8 Å². The summed E-state index contributed by atoms with van der Waals surface area (Å²) in [4.78, 5) is 12.4. The van der Waals surface area contributed by atoms with Gasteiger partial charge in [0, 0.05) is 30.5 Å². The van der Waals surface area contributed by atoms with Crippen molar-refractivity contribution in [3.8, 4) is 0 Å². The maximum absolute atomic E-state index is 10.1. The molecule has 0 aromatic carbocycles. The minimum atomic E-state index is 0.552. The van der Waals surface area contributed by atoms with Crippen LogP contribution < -0.4 is 0 Å². The van der Waals surface area contributed by atoms with Gasteiger partial charge in [0.05, 0.1) is 0 Å². The Bertz CT molecular complexity index is 118. The van der Waals surface area contributed by atoms with Gasteiger partial charge in [0.2, 0.25) is 0 Å². The van der Waals surface area contributed by atoms with E-state index in [9.17, 15) is 4.79 Å². The van der Waals surface area contributed by atoms with Gasteiger partial charge in [0.25, 0.3) is 0 Å². The molecule has 1 fully saturated rings. The van der Waals surface area contributed by atoms with Gasteiger partial charge in [0.1, 0.15) is 6.29 Å². The molecule has 1 aliphatic heterocycles. The van der Waals surface area contributed by atoms with Crippen LogP contribution in [-0.2, 0) is 4.79 Å². The number of carbonyl (C=O) groups excluding carboxylic acids is 1. The molecule has 0 N–H and O–H groups in total. The predicted molar refractivity (Wildman–Crippen MR) is 44.4 cm³/mol. The fourth-order valence-corrected chi connectivity index (χ4v) is 2.44. The first-order chi connectivity index (χ1) is 4.83. The van der Waals surface area contributed by atoms with Crippen molar-refractivity contribution in [1.82, 2.24) is 4.90 Å². The van der Waals surface area contributed by atoms with E-state index >= 15 is 0 Å². The van der Waals surface area contributed by atoms with Gasteiger partial charge < -0.3 is 9.69 Å². The maximum atomic E-state index is 10.1. The van der Waals surface area contributed by atoms with Crippen molar-refractivity contribution in [2.24, 2.45) is 0 Å². The van der Waals surface area contributed by atoms with E-state index in [1.54, 1.807) is 0 Å². The normalized spacial score (nSPS) is 28.3. The van der Waals surface area contributed by atoms with Crippen molar-refractivity contribution in [2.75, 3.05) is 25.9 Å². The van der Waals surface area contributed by atoms with Crippen LogP contribution >= 0.6 is 11.8 Å². The number of hydrogen-bond acceptors (Lipinski definition) is 3. The number of thioether (sulfide) groups is 1. The van der Waals surface area contributed by atoms with Crippen LogP contribution in [0.4, 0.5) is 0 Å². The summed E-state index contributed by atoms with van der Waals surface area (Å²) in [7, 11) is 2.11. The molecule has 2 nitrogen and oxygen atoms in total. The molecule has 0 unspecified atom stereocenters. The molecular weight excluding hydrogens is 146 g/mol. The van der Waals surface area contributed by atoms with Gasteiger partial charge in [-0.25, -0.2) is 0 Å². The molecular formula is C7H13NOS. The Kier molecular flexibility index (Phi) is 3.22. The lowest BCUT2D eigenvalue weighted by Crippen LogP contribution is -2.34. The number of rotatable bonds is 2. The van der Waals surface area contributed by atoms with Gasteiger partial charge >= 0.3 is 0 Å². The number of carbonyl (C=O) groups is 1. The highest BCUT2D eigenvalue weighted by Crippen LogP contribution is 2.18. The van der Waals surface area contributed by atoms with Crippen molar-refractivity contribution in [3.05, 3.63) is 0 Å². The lowest BCUT2D eigenvalue weighted by atomic mass is 10.3. The first-order valence-corrected chi connectivity index (χ1v) is 4.61. The Morgan fingerprint density at radius 2 is 2.60 bits per heavy atom. The van der Waals surface area contributed by atoms with Crippen LogP contribution in [0.5, 0.6) is 0 Å². The van der Waals surface area contributed by atoms with Crippen molar-refractivity contribution >= 4 is 18.0 Å². The summed E-state index contributed by atoms with van der Waals surface area (Å²) in [5, 5.41) is 0.552. The zero-order valence-electron chi connectivity index (χ0n) is 6.25. The molecule has 0 spiro atoms. The van der Waals surface area contributed by atoms with Crippen LogP contribution in [0.25, 0.3) is 0 Å². The molecule has 1 saturated heterocycles. The summed E-state index contributed by atoms with van der Waals surface area (Å²) in [6, 6.07) is 0. The number of hydrogen-bond donors (Lipinski definition) is 0. The van der Waals surface area contributed by atoms with Crippen LogP contribution in [0.2, 0.25) is 0 Å². The second-order valence-corrected chi connectivity index (χ2v) is 4.07. The zero-order valence-corrected chi connectivity index (χ0v) is 7.06. The zero-order chi connectivity index (χ0) is 7.40. The average Bonchev–Trinajstić information content (AvgIpc) is 1.88. The van der Waals surface area contributed by atoms with Crippen LogP contribution in [-0.4, -0.2) is 42.3 Å². The van der Waals surface area contributed by atoms with Crippen molar-refractivity contribution in [1.29, 1.82) is 0 Å². The third kappa shape index (κ3) is 2.31. The molecule has 0 aromatic rings. The Labute approximate surface area is 66.0 Å². The standard InChI is InChI=1S/C7H13NOS/c1-8-3-5-10-7(6-8)2-4-9/h4,7H,2-3,5-6H2,1H3/t7-/m1/s1. The molecule has 0 aliphatic carbocycles. The Morgan fingerprint density at radius 1 is 1.80 bits per heavy atom. The van der Waals surface area contributed by atoms with Gasteiger partial charge in [-0.05, 0) is 7.05 Å². The summed E-state index contributed by atoms with van der Waals surface area (Å²) in [6.45, 7) is 2.24. The minimum absolute atomic E-state index is 0.552. The van der Waals surface area contributed by atoms with E-state index in [2.05, 4.69) is 11.9 Å². The lowest BCUT2D eigenvalue weighted by molar-refractivity contribution is -0.107. The van der Waals surface area contributed by atoms with Crippen LogP contribution in [0.3, 0.4) is 0 Å². The van der Waals surface area contributed by atoms with Crippen molar-refractivity contribution < 1.29 is 4.79 Å². The molecule has 10 heavy (non-hydrogen) atoms. The van der Waals surface area contributed by atoms with Crippen molar-refractivity contribution in [2.45, 2.75) is 11.7 Å². The third-order valence-corrected chi connectivity index (χ3v) is 2.93. The predicted octanol–water partition coefficient (Wildman–Crippen LogP) is 0.623. The van der Waals surface area contributed by atoms with Gasteiger partial charge in [-0.3, -0.25) is 0 Å². The Morgan fingerprint density at radius 3 is 3.20 bits per heavy atom. The van der Waals surface area contributed by atoms with Gasteiger partial charge in [-0.15, -0.1) is 0 Å². The minimum Gasteiger partial charge on any atom is -0.304 e. The molecule has 1 heterocycles. The first-order valence-electron chi connectivity index (χ1n) is 3.56. The van der Waals surface area contributed by atoms with E-state index < -0.39 is 0 Å². The largest absolute Gasteiger partial charge is 0.304 e. The van der Waals surface area contributed by atoms with Crippen LogP contribution in [0, 0.1) is 0 Å².